The number of aliphatic hydroxyl groups excluding tert-OH is 1. The van der Waals surface area contributed by atoms with E-state index < -0.39 is 0 Å². The fourth-order valence-corrected chi connectivity index (χ4v) is 2.76. The average Bonchev–Trinajstić information content (AvgIpc) is 2.83. The van der Waals surface area contributed by atoms with Crippen molar-refractivity contribution in [3.63, 3.8) is 0 Å². The normalized spacial score (nSPS) is 28.5. The number of aliphatic hydroxyl groups is 1. The van der Waals surface area contributed by atoms with E-state index in [-0.39, 0.29) is 12.1 Å². The van der Waals surface area contributed by atoms with Gasteiger partial charge in [0.2, 0.25) is 0 Å². The summed E-state index contributed by atoms with van der Waals surface area (Å²) in [6.07, 6.45) is 7.11. The number of hydrogen-bond donors (Lipinski definition) is 2. The predicted molar refractivity (Wildman–Crippen MR) is 70.1 cm³/mol. The lowest BCUT2D eigenvalue weighted by atomic mass is 9.75. The highest BCUT2D eigenvalue weighted by molar-refractivity contribution is 4.98. The van der Waals surface area contributed by atoms with Crippen LogP contribution in [0.1, 0.15) is 45.2 Å². The first kappa shape index (κ1) is 13.5. The quantitative estimate of drug-likeness (QED) is 0.775. The second kappa shape index (κ2) is 5.80. The molecular formula is C13H24N4O. The summed E-state index contributed by atoms with van der Waals surface area (Å²) in [5.74, 6) is 0.645. The van der Waals surface area contributed by atoms with Crippen molar-refractivity contribution >= 4 is 0 Å². The summed E-state index contributed by atoms with van der Waals surface area (Å²) in [6, 6.07) is 0. The van der Waals surface area contributed by atoms with Gasteiger partial charge in [0.1, 0.15) is 0 Å². The van der Waals surface area contributed by atoms with Crippen LogP contribution in [0.25, 0.3) is 0 Å². The number of nitrogens with one attached hydrogen (secondary N) is 1. The van der Waals surface area contributed by atoms with E-state index in [2.05, 4.69) is 29.5 Å². The van der Waals surface area contributed by atoms with Crippen LogP contribution in [0.5, 0.6) is 0 Å². The molecule has 5 heteroatoms. The number of rotatable bonds is 5. The summed E-state index contributed by atoms with van der Waals surface area (Å²) in [6.45, 7) is 6.02. The highest BCUT2D eigenvalue weighted by Crippen LogP contribution is 2.38. The molecular weight excluding hydrogens is 228 g/mol. The Bertz CT molecular complexity index is 379. The molecule has 2 unspecified atom stereocenters. The van der Waals surface area contributed by atoms with Gasteiger partial charge in [-0.05, 0) is 25.7 Å². The Balaban J connectivity index is 2.04. The van der Waals surface area contributed by atoms with Crippen LogP contribution >= 0.6 is 0 Å². The van der Waals surface area contributed by atoms with E-state index in [1.807, 2.05) is 10.9 Å². The predicted octanol–water partition coefficient (Wildman–Crippen LogP) is 1.29. The lowest BCUT2D eigenvalue weighted by Gasteiger charge is -2.39. The van der Waals surface area contributed by atoms with Gasteiger partial charge in [-0.15, -0.1) is 5.10 Å². The van der Waals surface area contributed by atoms with Crippen LogP contribution in [-0.2, 0) is 12.1 Å². The zero-order valence-electron chi connectivity index (χ0n) is 11.4. The van der Waals surface area contributed by atoms with E-state index in [0.717, 1.165) is 5.69 Å². The summed E-state index contributed by atoms with van der Waals surface area (Å²) in [7, 11) is 0. The Morgan fingerprint density at radius 2 is 2.39 bits per heavy atom. The molecule has 1 aliphatic rings. The summed E-state index contributed by atoms with van der Waals surface area (Å²) < 4.78 is 2.05. The Labute approximate surface area is 109 Å². The molecule has 0 radical (unpaired) electrons. The molecule has 0 spiro atoms. The van der Waals surface area contributed by atoms with Crippen molar-refractivity contribution in [3.05, 3.63) is 11.9 Å². The molecule has 0 bridgehead atoms. The van der Waals surface area contributed by atoms with Crippen LogP contribution < -0.4 is 5.32 Å². The zero-order chi connectivity index (χ0) is 13.0. The summed E-state index contributed by atoms with van der Waals surface area (Å²) in [4.78, 5) is 0. The highest BCUT2D eigenvalue weighted by atomic mass is 16.3. The number of aromatic nitrogens is 3. The molecule has 18 heavy (non-hydrogen) atoms. The maximum Gasteiger partial charge on any atom is 0.0965 e. The number of nitrogens with zero attached hydrogens (tertiary/aromatic N) is 3. The standard InChI is InChI=1S/C13H24N4O/c1-11-5-3-4-6-13(11,2)17-10-12(15-16-17)9-14-7-8-18/h10-11,14,18H,3-9H2,1-2H3. The molecule has 102 valence electrons. The third-order valence-electron chi connectivity index (χ3n) is 4.29. The maximum absolute atomic E-state index is 8.73. The third-order valence-corrected chi connectivity index (χ3v) is 4.29. The maximum atomic E-state index is 8.73. The summed E-state index contributed by atoms with van der Waals surface area (Å²) in [5, 5.41) is 20.4. The Morgan fingerprint density at radius 3 is 3.11 bits per heavy atom. The fraction of sp³-hybridized carbons (Fsp3) is 0.846. The lowest BCUT2D eigenvalue weighted by Crippen LogP contribution is -2.40. The molecule has 0 aromatic carbocycles. The minimum Gasteiger partial charge on any atom is -0.395 e. The van der Waals surface area contributed by atoms with E-state index in [0.29, 0.717) is 19.0 Å². The van der Waals surface area contributed by atoms with Gasteiger partial charge in [-0.3, -0.25) is 0 Å². The Kier molecular flexibility index (Phi) is 4.35. The van der Waals surface area contributed by atoms with Gasteiger partial charge < -0.3 is 10.4 Å². The topological polar surface area (TPSA) is 63.0 Å². The van der Waals surface area contributed by atoms with Gasteiger partial charge >= 0.3 is 0 Å². The van der Waals surface area contributed by atoms with Crippen molar-refractivity contribution in [2.45, 2.75) is 51.6 Å². The molecule has 1 aromatic rings. The molecule has 0 amide bonds. The molecule has 5 nitrogen and oxygen atoms in total. The van der Waals surface area contributed by atoms with Gasteiger partial charge in [0.15, 0.2) is 0 Å². The van der Waals surface area contributed by atoms with E-state index in [4.69, 9.17) is 5.11 Å². The van der Waals surface area contributed by atoms with Crippen LogP contribution in [0, 0.1) is 5.92 Å². The molecule has 1 heterocycles. The average molecular weight is 252 g/mol. The van der Waals surface area contributed by atoms with Gasteiger partial charge in [0, 0.05) is 13.1 Å². The molecule has 1 aliphatic carbocycles. The Morgan fingerprint density at radius 1 is 1.56 bits per heavy atom. The highest BCUT2D eigenvalue weighted by Gasteiger charge is 2.36. The largest absolute Gasteiger partial charge is 0.395 e. The fourth-order valence-electron chi connectivity index (χ4n) is 2.76. The first-order chi connectivity index (χ1) is 8.66. The molecule has 2 N–H and O–H groups in total. The second-order valence-electron chi connectivity index (χ2n) is 5.56. The molecule has 0 aliphatic heterocycles. The van der Waals surface area contributed by atoms with E-state index in [9.17, 15) is 0 Å². The SMILES string of the molecule is CC1CCCCC1(C)n1cc(CNCCO)nn1. The molecule has 1 saturated carbocycles. The smallest absolute Gasteiger partial charge is 0.0965 e. The summed E-state index contributed by atoms with van der Waals surface area (Å²) in [5.41, 5.74) is 1.06. The van der Waals surface area contributed by atoms with Gasteiger partial charge in [-0.2, -0.15) is 0 Å². The molecule has 2 atom stereocenters. The second-order valence-corrected chi connectivity index (χ2v) is 5.56. The van der Waals surface area contributed by atoms with Crippen LogP contribution in [-0.4, -0.2) is 33.3 Å². The van der Waals surface area contributed by atoms with Crippen LogP contribution in [0.2, 0.25) is 0 Å². The van der Waals surface area contributed by atoms with Crippen molar-refractivity contribution in [1.29, 1.82) is 0 Å². The van der Waals surface area contributed by atoms with Crippen LogP contribution in [0.4, 0.5) is 0 Å². The van der Waals surface area contributed by atoms with Crippen molar-refractivity contribution in [1.82, 2.24) is 20.3 Å². The van der Waals surface area contributed by atoms with E-state index >= 15 is 0 Å². The van der Waals surface area contributed by atoms with Crippen molar-refractivity contribution in [2.24, 2.45) is 5.92 Å². The first-order valence-electron chi connectivity index (χ1n) is 6.90. The van der Waals surface area contributed by atoms with Crippen LogP contribution in [0.3, 0.4) is 0 Å². The zero-order valence-corrected chi connectivity index (χ0v) is 11.4. The van der Waals surface area contributed by atoms with Gasteiger partial charge in [0.05, 0.1) is 24.0 Å². The molecule has 1 fully saturated rings. The minimum absolute atomic E-state index is 0.112. The minimum atomic E-state index is 0.112. The van der Waals surface area contributed by atoms with Crippen molar-refractivity contribution in [2.75, 3.05) is 13.2 Å². The summed E-state index contributed by atoms with van der Waals surface area (Å²) >= 11 is 0. The van der Waals surface area contributed by atoms with Crippen LogP contribution in [0.15, 0.2) is 6.20 Å². The van der Waals surface area contributed by atoms with E-state index in [1.165, 1.54) is 25.7 Å². The third kappa shape index (κ3) is 2.72. The molecule has 1 aromatic heterocycles. The van der Waals surface area contributed by atoms with Gasteiger partial charge in [-0.1, -0.05) is 25.0 Å². The monoisotopic (exact) mass is 252 g/mol. The van der Waals surface area contributed by atoms with Gasteiger partial charge in [-0.25, -0.2) is 4.68 Å². The van der Waals surface area contributed by atoms with Crippen molar-refractivity contribution < 1.29 is 5.11 Å². The Hall–Kier alpha value is -0.940. The van der Waals surface area contributed by atoms with Gasteiger partial charge in [0.25, 0.3) is 0 Å². The van der Waals surface area contributed by atoms with E-state index in [1.54, 1.807) is 0 Å². The van der Waals surface area contributed by atoms with Crippen molar-refractivity contribution in [3.8, 4) is 0 Å². The first-order valence-corrected chi connectivity index (χ1v) is 6.90. The molecule has 0 saturated heterocycles. The molecule has 2 rings (SSSR count). The number of hydrogen-bond acceptors (Lipinski definition) is 4. The lowest BCUT2D eigenvalue weighted by molar-refractivity contribution is 0.120.